The molecule has 0 aliphatic rings. The first-order valence-electron chi connectivity index (χ1n) is 8.62. The third-order valence-electron chi connectivity index (χ3n) is 4.29. The number of thioether (sulfide) groups is 1. The normalized spacial score (nSPS) is 11.6. The highest BCUT2D eigenvalue weighted by Crippen LogP contribution is 2.21. The lowest BCUT2D eigenvalue weighted by Gasteiger charge is -2.14. The highest BCUT2D eigenvalue weighted by atomic mass is 32.2. The van der Waals surface area contributed by atoms with E-state index in [9.17, 15) is 0 Å². The Morgan fingerprint density at radius 2 is 1.88 bits per heavy atom. The summed E-state index contributed by atoms with van der Waals surface area (Å²) in [4.78, 5) is 10.1. The van der Waals surface area contributed by atoms with Crippen LogP contribution in [0, 0.1) is 6.92 Å². The van der Waals surface area contributed by atoms with E-state index in [0.717, 1.165) is 18.2 Å². The van der Waals surface area contributed by atoms with Gasteiger partial charge in [-0.2, -0.15) is 0 Å². The van der Waals surface area contributed by atoms with Crippen LogP contribution >= 0.6 is 11.8 Å². The number of aryl methyl sites for hydroxylation is 1. The van der Waals surface area contributed by atoms with Crippen LogP contribution < -0.4 is 10.6 Å². The smallest absolute Gasteiger partial charge is 0.191 e. The highest BCUT2D eigenvalue weighted by Gasteiger charge is 2.06. The molecule has 0 spiro atoms. The Hall–Kier alpha value is -2.53. The van der Waals surface area contributed by atoms with Crippen LogP contribution in [0.4, 0.5) is 0 Å². The number of rotatable bonds is 5. The van der Waals surface area contributed by atoms with Gasteiger partial charge in [0.05, 0.1) is 12.2 Å². The molecular formula is C21H24N4S. The number of benzene rings is 2. The van der Waals surface area contributed by atoms with Crippen LogP contribution in [0.25, 0.3) is 10.8 Å². The monoisotopic (exact) mass is 364 g/mol. The fourth-order valence-corrected chi connectivity index (χ4v) is 3.59. The third kappa shape index (κ3) is 4.35. The molecular weight excluding hydrogens is 340 g/mol. The minimum Gasteiger partial charge on any atom is -0.352 e. The second-order valence-electron chi connectivity index (χ2n) is 6.07. The van der Waals surface area contributed by atoms with E-state index in [0.29, 0.717) is 6.54 Å². The maximum Gasteiger partial charge on any atom is 0.191 e. The summed E-state index contributed by atoms with van der Waals surface area (Å²) in [6, 6.07) is 16.9. The maximum absolute atomic E-state index is 4.52. The standard InChI is InChI=1S/C21H24N4S/c1-15-8-9-17(20(12-15)26-3)13-24-21(22-2)25-14-19-18-7-5-4-6-16(18)10-11-23-19/h4-12H,13-14H2,1-3H3,(H2,22,24,25). The number of hydrogen-bond acceptors (Lipinski definition) is 3. The molecule has 1 heterocycles. The van der Waals surface area contributed by atoms with Gasteiger partial charge in [0.15, 0.2) is 5.96 Å². The molecule has 0 fully saturated rings. The van der Waals surface area contributed by atoms with Crippen LogP contribution in [-0.4, -0.2) is 24.2 Å². The largest absolute Gasteiger partial charge is 0.352 e. The van der Waals surface area contributed by atoms with Gasteiger partial charge in [-0.3, -0.25) is 9.98 Å². The van der Waals surface area contributed by atoms with Gasteiger partial charge < -0.3 is 10.6 Å². The van der Waals surface area contributed by atoms with Crippen molar-refractivity contribution in [3.8, 4) is 0 Å². The number of nitrogens with zero attached hydrogens (tertiary/aromatic N) is 2. The van der Waals surface area contributed by atoms with Crippen LogP contribution in [0.1, 0.15) is 16.8 Å². The Labute approximate surface area is 159 Å². The zero-order valence-corrected chi connectivity index (χ0v) is 16.2. The zero-order chi connectivity index (χ0) is 18.4. The highest BCUT2D eigenvalue weighted by molar-refractivity contribution is 7.98. The first kappa shape index (κ1) is 18.3. The first-order valence-corrected chi connectivity index (χ1v) is 9.84. The fraction of sp³-hybridized carbons (Fsp3) is 0.238. The van der Waals surface area contributed by atoms with Gasteiger partial charge in [0.1, 0.15) is 0 Å². The second kappa shape index (κ2) is 8.72. The van der Waals surface area contributed by atoms with Gasteiger partial charge in [-0.25, -0.2) is 0 Å². The molecule has 0 unspecified atom stereocenters. The number of aromatic nitrogens is 1. The van der Waals surface area contributed by atoms with Crippen LogP contribution in [0.15, 0.2) is 64.6 Å². The van der Waals surface area contributed by atoms with Crippen molar-refractivity contribution in [2.24, 2.45) is 4.99 Å². The summed E-state index contributed by atoms with van der Waals surface area (Å²) in [5.41, 5.74) is 3.57. The number of fused-ring (bicyclic) bond motifs is 1. The molecule has 26 heavy (non-hydrogen) atoms. The lowest BCUT2D eigenvalue weighted by atomic mass is 10.1. The lowest BCUT2D eigenvalue weighted by molar-refractivity contribution is 0.792. The van der Waals surface area contributed by atoms with E-state index in [-0.39, 0.29) is 0 Å². The molecule has 0 saturated heterocycles. The lowest BCUT2D eigenvalue weighted by Crippen LogP contribution is -2.36. The SMILES string of the molecule is CN=C(NCc1ccc(C)cc1SC)NCc1nccc2ccccc12. The fourth-order valence-electron chi connectivity index (χ4n) is 2.89. The molecule has 2 aromatic carbocycles. The van der Waals surface area contributed by atoms with E-state index in [4.69, 9.17) is 0 Å². The molecule has 0 atom stereocenters. The molecule has 5 heteroatoms. The predicted octanol–water partition coefficient (Wildman–Crippen LogP) is 4.13. The first-order chi connectivity index (χ1) is 12.7. The van der Waals surface area contributed by atoms with Gasteiger partial charge in [-0.1, -0.05) is 36.4 Å². The van der Waals surface area contributed by atoms with E-state index in [1.807, 2.05) is 24.4 Å². The molecule has 0 bridgehead atoms. The molecule has 0 radical (unpaired) electrons. The van der Waals surface area contributed by atoms with Crippen molar-refractivity contribution in [3.05, 3.63) is 71.5 Å². The average molecular weight is 365 g/mol. The van der Waals surface area contributed by atoms with Crippen molar-refractivity contribution in [2.45, 2.75) is 24.9 Å². The summed E-state index contributed by atoms with van der Waals surface area (Å²) >= 11 is 1.77. The van der Waals surface area contributed by atoms with E-state index in [1.165, 1.54) is 26.8 Å². The summed E-state index contributed by atoms with van der Waals surface area (Å²) < 4.78 is 0. The van der Waals surface area contributed by atoms with Gasteiger partial charge in [0, 0.05) is 30.1 Å². The molecule has 4 nitrogen and oxygen atoms in total. The summed E-state index contributed by atoms with van der Waals surface area (Å²) in [6.45, 7) is 3.48. The Morgan fingerprint density at radius 3 is 2.69 bits per heavy atom. The molecule has 3 aromatic rings. The Kier molecular flexibility index (Phi) is 6.12. The summed E-state index contributed by atoms with van der Waals surface area (Å²) in [5.74, 6) is 0.771. The Bertz CT molecular complexity index is 916. The molecule has 3 rings (SSSR count). The number of nitrogens with one attached hydrogen (secondary N) is 2. The van der Waals surface area contributed by atoms with Crippen molar-refractivity contribution < 1.29 is 0 Å². The van der Waals surface area contributed by atoms with Crippen LogP contribution in [0.5, 0.6) is 0 Å². The number of pyridine rings is 1. The molecule has 0 aliphatic carbocycles. The van der Waals surface area contributed by atoms with Crippen molar-refractivity contribution in [2.75, 3.05) is 13.3 Å². The number of guanidine groups is 1. The topological polar surface area (TPSA) is 49.3 Å². The van der Waals surface area contributed by atoms with Crippen molar-refractivity contribution >= 4 is 28.5 Å². The van der Waals surface area contributed by atoms with E-state index < -0.39 is 0 Å². The third-order valence-corrected chi connectivity index (χ3v) is 5.11. The zero-order valence-electron chi connectivity index (χ0n) is 15.4. The van der Waals surface area contributed by atoms with Gasteiger partial charge in [-0.05, 0) is 41.8 Å². The van der Waals surface area contributed by atoms with E-state index in [2.05, 4.69) is 64.1 Å². The minimum absolute atomic E-state index is 0.629. The van der Waals surface area contributed by atoms with Gasteiger partial charge in [0.25, 0.3) is 0 Å². The maximum atomic E-state index is 4.52. The molecule has 2 N–H and O–H groups in total. The Balaban J connectivity index is 1.65. The summed E-state index contributed by atoms with van der Waals surface area (Å²) in [6.07, 6.45) is 3.96. The minimum atomic E-state index is 0.629. The predicted molar refractivity (Wildman–Crippen MR) is 112 cm³/mol. The van der Waals surface area contributed by atoms with Crippen molar-refractivity contribution in [1.82, 2.24) is 15.6 Å². The summed E-state index contributed by atoms with van der Waals surface area (Å²) in [5, 5.41) is 9.13. The van der Waals surface area contributed by atoms with E-state index >= 15 is 0 Å². The quantitative estimate of drug-likeness (QED) is 0.406. The van der Waals surface area contributed by atoms with Crippen LogP contribution in [-0.2, 0) is 13.1 Å². The summed E-state index contributed by atoms with van der Waals surface area (Å²) in [7, 11) is 1.79. The molecule has 1 aromatic heterocycles. The van der Waals surface area contributed by atoms with Gasteiger partial charge >= 0.3 is 0 Å². The number of hydrogen-bond donors (Lipinski definition) is 2. The number of aliphatic imine (C=N–C) groups is 1. The Morgan fingerprint density at radius 1 is 1.08 bits per heavy atom. The van der Waals surface area contributed by atoms with E-state index in [1.54, 1.807) is 18.8 Å². The molecule has 0 saturated carbocycles. The van der Waals surface area contributed by atoms with Gasteiger partial charge in [0.2, 0.25) is 0 Å². The molecule has 0 amide bonds. The molecule has 0 aliphatic heterocycles. The van der Waals surface area contributed by atoms with Crippen LogP contribution in [0.2, 0.25) is 0 Å². The molecule has 134 valence electrons. The van der Waals surface area contributed by atoms with Crippen molar-refractivity contribution in [1.29, 1.82) is 0 Å². The van der Waals surface area contributed by atoms with Crippen molar-refractivity contribution in [3.63, 3.8) is 0 Å². The second-order valence-corrected chi connectivity index (χ2v) is 6.92. The van der Waals surface area contributed by atoms with Crippen LogP contribution in [0.3, 0.4) is 0 Å². The average Bonchev–Trinajstić information content (AvgIpc) is 2.68. The van der Waals surface area contributed by atoms with Gasteiger partial charge in [-0.15, -0.1) is 11.8 Å².